The molecule has 0 bridgehead atoms. The van der Waals surface area contributed by atoms with Crippen LogP contribution >= 0.6 is 11.8 Å². The molecule has 2 heterocycles. The highest BCUT2D eigenvalue weighted by molar-refractivity contribution is 7.99. The molecule has 2 N–H and O–H groups in total. The third-order valence-corrected chi connectivity index (χ3v) is 5.49. The number of hydrogen-bond acceptors (Lipinski definition) is 6. The van der Waals surface area contributed by atoms with Gasteiger partial charge >= 0.3 is 0 Å². The number of carbonyl (C=O) groups excluding carboxylic acids is 1. The van der Waals surface area contributed by atoms with Crippen LogP contribution < -0.4 is 5.32 Å². The topological polar surface area (TPSA) is 96.7 Å². The average molecular weight is 407 g/mol. The number of para-hydroxylation sites is 2. The van der Waals surface area contributed by atoms with Crippen LogP contribution in [-0.4, -0.2) is 31.8 Å². The summed E-state index contributed by atoms with van der Waals surface area (Å²) >= 11 is 1.23. The number of hydrogen-bond donors (Lipinski definition) is 2. The summed E-state index contributed by atoms with van der Waals surface area (Å²) in [5.74, 6) is 1.51. The quantitative estimate of drug-likeness (QED) is 0.448. The van der Waals surface area contributed by atoms with E-state index < -0.39 is 0 Å². The molecule has 0 spiro atoms. The third-order valence-electron chi connectivity index (χ3n) is 4.67. The van der Waals surface area contributed by atoms with E-state index in [-0.39, 0.29) is 11.7 Å². The van der Waals surface area contributed by atoms with Crippen LogP contribution in [0.5, 0.6) is 0 Å². The second kappa shape index (κ2) is 8.48. The molecule has 0 aliphatic carbocycles. The zero-order valence-corrected chi connectivity index (χ0v) is 17.0. The molecule has 0 aliphatic rings. The normalized spacial score (nSPS) is 11.1. The first-order valence-electron chi connectivity index (χ1n) is 9.33. The molecule has 148 valence electrons. The van der Waals surface area contributed by atoms with Crippen LogP contribution in [0.4, 0.5) is 5.69 Å². The molecular weight excluding hydrogens is 386 g/mol. The number of anilines is 1. The van der Waals surface area contributed by atoms with Gasteiger partial charge in [-0.05, 0) is 43.2 Å². The van der Waals surface area contributed by atoms with Crippen molar-refractivity contribution in [3.05, 3.63) is 65.3 Å². The van der Waals surface area contributed by atoms with E-state index in [2.05, 4.69) is 25.5 Å². The highest BCUT2D eigenvalue weighted by atomic mass is 32.2. The number of aromatic nitrogens is 4. The van der Waals surface area contributed by atoms with E-state index in [4.69, 9.17) is 4.42 Å². The van der Waals surface area contributed by atoms with E-state index in [9.17, 15) is 4.79 Å². The maximum absolute atomic E-state index is 12.2. The number of nitrogens with zero attached hydrogens (tertiary/aromatic N) is 3. The number of nitrogens with one attached hydrogen (secondary N) is 2. The van der Waals surface area contributed by atoms with Gasteiger partial charge in [0, 0.05) is 18.5 Å². The molecule has 2 aromatic heterocycles. The van der Waals surface area contributed by atoms with Crippen molar-refractivity contribution >= 4 is 34.4 Å². The highest BCUT2D eigenvalue weighted by Gasteiger charge is 2.12. The number of rotatable bonds is 7. The predicted molar refractivity (Wildman–Crippen MR) is 113 cm³/mol. The first-order chi connectivity index (χ1) is 14.1. The first kappa shape index (κ1) is 19.2. The summed E-state index contributed by atoms with van der Waals surface area (Å²) in [5, 5.41) is 11.4. The molecule has 0 aliphatic heterocycles. The molecule has 4 rings (SSSR count). The van der Waals surface area contributed by atoms with E-state index in [0.29, 0.717) is 24.0 Å². The second-order valence-electron chi connectivity index (χ2n) is 6.75. The number of carbonyl (C=O) groups is 1. The van der Waals surface area contributed by atoms with Gasteiger partial charge in [-0.15, -0.1) is 10.2 Å². The number of fused-ring (bicyclic) bond motifs is 1. The summed E-state index contributed by atoms with van der Waals surface area (Å²) in [4.78, 5) is 20.0. The van der Waals surface area contributed by atoms with Gasteiger partial charge in [-0.1, -0.05) is 36.0 Å². The van der Waals surface area contributed by atoms with Crippen molar-refractivity contribution in [2.24, 2.45) is 0 Å². The summed E-state index contributed by atoms with van der Waals surface area (Å²) in [5.41, 5.74) is 4.99. The maximum Gasteiger partial charge on any atom is 0.277 e. The fraction of sp³-hybridized carbons (Fsp3) is 0.238. The van der Waals surface area contributed by atoms with Crippen molar-refractivity contribution in [3.8, 4) is 0 Å². The fourth-order valence-corrected chi connectivity index (χ4v) is 3.53. The van der Waals surface area contributed by atoms with E-state index in [0.717, 1.165) is 33.7 Å². The van der Waals surface area contributed by atoms with E-state index >= 15 is 0 Å². The molecule has 2 aromatic carbocycles. The lowest BCUT2D eigenvalue weighted by Crippen LogP contribution is -2.15. The van der Waals surface area contributed by atoms with Crippen LogP contribution in [0, 0.1) is 13.8 Å². The van der Waals surface area contributed by atoms with Crippen molar-refractivity contribution in [2.75, 3.05) is 11.1 Å². The molecule has 0 radical (unpaired) electrons. The van der Waals surface area contributed by atoms with E-state index in [1.165, 1.54) is 11.8 Å². The number of H-pyrrole nitrogens is 1. The Bertz CT molecular complexity index is 1120. The second-order valence-corrected chi connectivity index (χ2v) is 7.67. The van der Waals surface area contributed by atoms with Crippen molar-refractivity contribution in [3.63, 3.8) is 0 Å². The van der Waals surface area contributed by atoms with E-state index in [1.54, 1.807) is 0 Å². The highest BCUT2D eigenvalue weighted by Crippen LogP contribution is 2.20. The Morgan fingerprint density at radius 1 is 1.10 bits per heavy atom. The lowest BCUT2D eigenvalue weighted by Gasteiger charge is -2.09. The number of thioether (sulfide) groups is 1. The minimum absolute atomic E-state index is 0.106. The number of aryl methyl sites for hydroxylation is 3. The van der Waals surface area contributed by atoms with Crippen LogP contribution in [-0.2, 0) is 17.6 Å². The van der Waals surface area contributed by atoms with Gasteiger partial charge < -0.3 is 14.7 Å². The summed E-state index contributed by atoms with van der Waals surface area (Å²) in [6, 6.07) is 13.7. The largest absolute Gasteiger partial charge is 0.416 e. The molecule has 4 aromatic rings. The summed E-state index contributed by atoms with van der Waals surface area (Å²) in [7, 11) is 0. The lowest BCUT2D eigenvalue weighted by atomic mass is 10.1. The van der Waals surface area contributed by atoms with Gasteiger partial charge in [0.05, 0.1) is 16.8 Å². The third kappa shape index (κ3) is 4.65. The monoisotopic (exact) mass is 407 g/mol. The Morgan fingerprint density at radius 3 is 2.83 bits per heavy atom. The zero-order valence-electron chi connectivity index (χ0n) is 16.2. The molecule has 0 unspecified atom stereocenters. The zero-order chi connectivity index (χ0) is 20.2. The van der Waals surface area contributed by atoms with Crippen LogP contribution in [0.15, 0.2) is 52.1 Å². The van der Waals surface area contributed by atoms with Gasteiger partial charge in [0.25, 0.3) is 5.22 Å². The number of benzene rings is 2. The Labute approximate surface area is 172 Å². The Morgan fingerprint density at radius 2 is 1.97 bits per heavy atom. The standard InChI is InChI=1S/C21H21N5O2S/c1-13-6-5-9-15(14(13)2)24-19(27)12-29-21-26-25-20(28-21)11-10-18-22-16-7-3-4-8-17(16)23-18/h3-9H,10-12H2,1-2H3,(H,22,23)(H,24,27). The van der Waals surface area contributed by atoms with E-state index in [1.807, 2.05) is 56.3 Å². The fourth-order valence-electron chi connectivity index (χ4n) is 2.95. The van der Waals surface area contributed by atoms with Gasteiger partial charge in [-0.2, -0.15) is 0 Å². The number of aromatic amines is 1. The Kier molecular flexibility index (Phi) is 5.62. The molecule has 8 heteroatoms. The van der Waals surface area contributed by atoms with Crippen LogP contribution in [0.1, 0.15) is 22.8 Å². The Balaban J connectivity index is 1.28. The van der Waals surface area contributed by atoms with Crippen LogP contribution in [0.2, 0.25) is 0 Å². The molecule has 7 nitrogen and oxygen atoms in total. The molecule has 0 fully saturated rings. The average Bonchev–Trinajstić information content (AvgIpc) is 3.34. The summed E-state index contributed by atoms with van der Waals surface area (Å²) < 4.78 is 5.64. The number of amides is 1. The minimum Gasteiger partial charge on any atom is -0.416 e. The van der Waals surface area contributed by atoms with Crippen LogP contribution in [0.25, 0.3) is 11.0 Å². The Hall–Kier alpha value is -3.13. The molecule has 29 heavy (non-hydrogen) atoms. The van der Waals surface area contributed by atoms with Crippen molar-refractivity contribution in [1.29, 1.82) is 0 Å². The van der Waals surface area contributed by atoms with Gasteiger partial charge in [0.15, 0.2) is 0 Å². The van der Waals surface area contributed by atoms with Crippen LogP contribution in [0.3, 0.4) is 0 Å². The van der Waals surface area contributed by atoms with Gasteiger partial charge in [-0.3, -0.25) is 4.79 Å². The van der Waals surface area contributed by atoms with Crippen molar-refractivity contribution in [2.45, 2.75) is 31.9 Å². The first-order valence-corrected chi connectivity index (χ1v) is 10.3. The molecular formula is C21H21N5O2S. The van der Waals surface area contributed by atoms with Gasteiger partial charge in [0.2, 0.25) is 11.8 Å². The molecule has 0 saturated carbocycles. The maximum atomic E-state index is 12.2. The number of imidazole rings is 1. The van der Waals surface area contributed by atoms with Crippen molar-refractivity contribution in [1.82, 2.24) is 20.2 Å². The lowest BCUT2D eigenvalue weighted by molar-refractivity contribution is -0.113. The SMILES string of the molecule is Cc1cccc(NC(=O)CSc2nnc(CCc3nc4ccccc4[nH]3)o2)c1C. The summed E-state index contributed by atoms with van der Waals surface area (Å²) in [6.45, 7) is 4.01. The van der Waals surface area contributed by atoms with Gasteiger partial charge in [-0.25, -0.2) is 4.98 Å². The van der Waals surface area contributed by atoms with Crippen molar-refractivity contribution < 1.29 is 9.21 Å². The predicted octanol–water partition coefficient (Wildman–Crippen LogP) is 4.08. The smallest absolute Gasteiger partial charge is 0.277 e. The van der Waals surface area contributed by atoms with Gasteiger partial charge in [0.1, 0.15) is 5.82 Å². The minimum atomic E-state index is -0.106. The summed E-state index contributed by atoms with van der Waals surface area (Å²) in [6.07, 6.45) is 1.26. The molecule has 1 amide bonds. The molecule has 0 saturated heterocycles. The molecule has 0 atom stereocenters.